The summed E-state index contributed by atoms with van der Waals surface area (Å²) in [6.45, 7) is 0.487. The number of ether oxygens (including phenoxy) is 1. The first kappa shape index (κ1) is 31.1. The number of hydrogen-bond donors (Lipinski definition) is 3. The van der Waals surface area contributed by atoms with E-state index in [4.69, 9.17) is 16.3 Å². The van der Waals surface area contributed by atoms with Gasteiger partial charge in [-0.25, -0.2) is 4.79 Å². The summed E-state index contributed by atoms with van der Waals surface area (Å²) in [5, 5.41) is 18.6. The number of rotatable bonds is 11. The van der Waals surface area contributed by atoms with Gasteiger partial charge in [0, 0.05) is 29.9 Å². The molecule has 0 saturated carbocycles. The zero-order valence-corrected chi connectivity index (χ0v) is 26.1. The molecule has 0 saturated heterocycles. The van der Waals surface area contributed by atoms with E-state index in [1.165, 1.54) is 6.20 Å². The lowest BCUT2D eigenvalue weighted by molar-refractivity contribution is -0.132. The fourth-order valence-corrected chi connectivity index (χ4v) is 5.46. The van der Waals surface area contributed by atoms with Crippen LogP contribution in [0.1, 0.15) is 21.5 Å². The molecule has 6 aromatic carbocycles. The molecular formula is C40H31ClN2O4. The molecule has 3 N–H and O–H groups in total. The Bertz CT molecular complexity index is 2050. The van der Waals surface area contributed by atoms with E-state index in [9.17, 15) is 14.7 Å². The number of carbonyl (C=O) groups excluding carboxylic acids is 1. The predicted octanol–water partition coefficient (Wildman–Crippen LogP) is 9.51. The highest BCUT2D eigenvalue weighted by Crippen LogP contribution is 2.27. The Hall–Kier alpha value is -5.85. The van der Waals surface area contributed by atoms with Gasteiger partial charge in [-0.1, -0.05) is 109 Å². The molecule has 6 rings (SSSR count). The molecule has 0 atom stereocenters. The smallest absolute Gasteiger partial charge is 0.333 e. The van der Waals surface area contributed by atoms with Crippen molar-refractivity contribution >= 4 is 39.9 Å². The quantitative estimate of drug-likeness (QED) is 0.123. The molecule has 0 heterocycles. The van der Waals surface area contributed by atoms with E-state index in [1.54, 1.807) is 18.2 Å². The minimum absolute atomic E-state index is 0.0424. The number of nitrogens with one attached hydrogen (secondary N) is 2. The highest BCUT2D eigenvalue weighted by molar-refractivity contribution is 6.31. The van der Waals surface area contributed by atoms with Gasteiger partial charge in [-0.3, -0.25) is 4.79 Å². The molecule has 7 heteroatoms. The van der Waals surface area contributed by atoms with Crippen LogP contribution >= 0.6 is 11.6 Å². The number of para-hydroxylation sites is 1. The third-order valence-electron chi connectivity index (χ3n) is 7.74. The Morgan fingerprint density at radius 1 is 0.723 bits per heavy atom. The summed E-state index contributed by atoms with van der Waals surface area (Å²) in [6, 6.07) is 44.3. The molecule has 232 valence electrons. The number of benzene rings is 6. The van der Waals surface area contributed by atoms with E-state index in [0.717, 1.165) is 44.5 Å². The van der Waals surface area contributed by atoms with E-state index in [1.807, 2.05) is 103 Å². The van der Waals surface area contributed by atoms with Crippen LogP contribution in [-0.4, -0.2) is 17.0 Å². The SMILES string of the molecule is O=C(O)C(=CNC(=O)c1cc(Cl)ccc1NCc1cccc2ccccc12)Cc1ccc(-c2ccc(Oc3ccccc3)cc2)cc1. The van der Waals surface area contributed by atoms with Crippen LogP contribution in [0.25, 0.3) is 21.9 Å². The van der Waals surface area contributed by atoms with Crippen LogP contribution in [0.3, 0.4) is 0 Å². The minimum Gasteiger partial charge on any atom is -0.478 e. The topological polar surface area (TPSA) is 87.7 Å². The van der Waals surface area contributed by atoms with Crippen LogP contribution in [0.15, 0.2) is 151 Å². The van der Waals surface area contributed by atoms with Gasteiger partial charge in [-0.15, -0.1) is 0 Å². The normalized spacial score (nSPS) is 11.2. The first-order chi connectivity index (χ1) is 22.9. The Morgan fingerprint density at radius 3 is 2.13 bits per heavy atom. The lowest BCUT2D eigenvalue weighted by atomic mass is 10.0. The molecule has 0 radical (unpaired) electrons. The second-order valence-electron chi connectivity index (χ2n) is 10.9. The average Bonchev–Trinajstić information content (AvgIpc) is 3.10. The third-order valence-corrected chi connectivity index (χ3v) is 7.98. The molecule has 0 aliphatic rings. The summed E-state index contributed by atoms with van der Waals surface area (Å²) < 4.78 is 5.88. The van der Waals surface area contributed by atoms with Gasteiger partial charge in [0.15, 0.2) is 0 Å². The first-order valence-corrected chi connectivity index (χ1v) is 15.5. The zero-order chi connectivity index (χ0) is 32.6. The van der Waals surface area contributed by atoms with Crippen molar-refractivity contribution in [2.45, 2.75) is 13.0 Å². The molecule has 0 spiro atoms. The van der Waals surface area contributed by atoms with Gasteiger partial charge in [0.2, 0.25) is 0 Å². The van der Waals surface area contributed by atoms with E-state index >= 15 is 0 Å². The number of carboxylic acids is 1. The van der Waals surface area contributed by atoms with Gasteiger partial charge in [0.05, 0.1) is 11.1 Å². The van der Waals surface area contributed by atoms with Gasteiger partial charge in [0.1, 0.15) is 11.5 Å². The molecular weight excluding hydrogens is 608 g/mol. The Kier molecular flexibility index (Phi) is 9.61. The number of halogens is 1. The third kappa shape index (κ3) is 7.87. The first-order valence-electron chi connectivity index (χ1n) is 15.1. The molecule has 0 aromatic heterocycles. The van der Waals surface area contributed by atoms with Crippen molar-refractivity contribution in [3.63, 3.8) is 0 Å². The Labute approximate surface area is 277 Å². The molecule has 0 aliphatic heterocycles. The van der Waals surface area contributed by atoms with Crippen molar-refractivity contribution in [1.29, 1.82) is 0 Å². The summed E-state index contributed by atoms with van der Waals surface area (Å²) in [4.78, 5) is 25.4. The van der Waals surface area contributed by atoms with E-state index in [-0.39, 0.29) is 12.0 Å². The van der Waals surface area contributed by atoms with Crippen molar-refractivity contribution in [1.82, 2.24) is 5.32 Å². The van der Waals surface area contributed by atoms with Gasteiger partial charge < -0.3 is 20.5 Å². The van der Waals surface area contributed by atoms with E-state index < -0.39 is 11.9 Å². The second-order valence-corrected chi connectivity index (χ2v) is 11.4. The van der Waals surface area contributed by atoms with Gasteiger partial charge >= 0.3 is 5.97 Å². The number of hydrogen-bond acceptors (Lipinski definition) is 4. The molecule has 0 bridgehead atoms. The standard InChI is InChI=1S/C40H31ClN2O4/c41-33-19-22-38(42-25-31-9-6-8-30-7-4-5-12-36(30)31)37(24-33)39(44)43-26-32(40(45)46)23-27-13-15-28(16-14-27)29-17-20-35(21-18-29)47-34-10-2-1-3-11-34/h1-22,24,26,42H,23,25H2,(H,43,44)(H,45,46). The molecule has 47 heavy (non-hydrogen) atoms. The summed E-state index contributed by atoms with van der Waals surface area (Å²) >= 11 is 6.25. The van der Waals surface area contributed by atoms with Crippen LogP contribution in [0.5, 0.6) is 11.5 Å². The van der Waals surface area contributed by atoms with Gasteiger partial charge in [0.25, 0.3) is 5.91 Å². The van der Waals surface area contributed by atoms with Gasteiger partial charge in [-0.2, -0.15) is 0 Å². The number of anilines is 1. The van der Waals surface area contributed by atoms with Crippen molar-refractivity contribution < 1.29 is 19.4 Å². The van der Waals surface area contributed by atoms with Crippen LogP contribution in [-0.2, 0) is 17.8 Å². The molecule has 0 aliphatic carbocycles. The van der Waals surface area contributed by atoms with E-state index in [0.29, 0.717) is 22.8 Å². The predicted molar refractivity (Wildman–Crippen MR) is 188 cm³/mol. The molecule has 1 amide bonds. The van der Waals surface area contributed by atoms with Gasteiger partial charge in [-0.05, 0) is 75.5 Å². The maximum Gasteiger partial charge on any atom is 0.333 e. The highest BCUT2D eigenvalue weighted by Gasteiger charge is 2.15. The Morgan fingerprint density at radius 2 is 1.38 bits per heavy atom. The fourth-order valence-electron chi connectivity index (χ4n) is 5.29. The summed E-state index contributed by atoms with van der Waals surface area (Å²) in [5.41, 5.74) is 4.80. The van der Waals surface area contributed by atoms with Crippen LogP contribution in [0.4, 0.5) is 5.69 Å². The second kappa shape index (κ2) is 14.5. The zero-order valence-electron chi connectivity index (χ0n) is 25.3. The molecule has 0 unspecified atom stereocenters. The summed E-state index contributed by atoms with van der Waals surface area (Å²) in [5.74, 6) is -0.0875. The van der Waals surface area contributed by atoms with Crippen molar-refractivity contribution in [3.05, 3.63) is 173 Å². The van der Waals surface area contributed by atoms with Crippen molar-refractivity contribution in [2.75, 3.05) is 5.32 Å². The summed E-state index contributed by atoms with van der Waals surface area (Å²) in [7, 11) is 0. The maximum atomic E-state index is 13.3. The fraction of sp³-hybridized carbons (Fsp3) is 0.0500. The lowest BCUT2D eigenvalue weighted by Gasteiger charge is -2.14. The van der Waals surface area contributed by atoms with Crippen LogP contribution < -0.4 is 15.4 Å². The molecule has 0 fully saturated rings. The molecule has 6 aromatic rings. The summed E-state index contributed by atoms with van der Waals surface area (Å²) in [6.07, 6.45) is 1.38. The highest BCUT2D eigenvalue weighted by atomic mass is 35.5. The average molecular weight is 639 g/mol. The number of carbonyl (C=O) groups is 2. The molecule has 6 nitrogen and oxygen atoms in total. The number of carboxylic acid groups (broad SMARTS) is 1. The van der Waals surface area contributed by atoms with Crippen molar-refractivity contribution in [3.8, 4) is 22.6 Å². The van der Waals surface area contributed by atoms with Crippen LogP contribution in [0.2, 0.25) is 5.02 Å². The number of aliphatic carboxylic acids is 1. The monoisotopic (exact) mass is 638 g/mol. The van der Waals surface area contributed by atoms with Crippen LogP contribution in [0, 0.1) is 0 Å². The maximum absolute atomic E-state index is 13.3. The number of amides is 1. The lowest BCUT2D eigenvalue weighted by Crippen LogP contribution is -2.21. The largest absolute Gasteiger partial charge is 0.478 e. The Balaban J connectivity index is 1.11. The van der Waals surface area contributed by atoms with E-state index in [2.05, 4.69) is 28.8 Å². The number of fused-ring (bicyclic) bond motifs is 1. The van der Waals surface area contributed by atoms with Crippen molar-refractivity contribution in [2.24, 2.45) is 0 Å². The minimum atomic E-state index is -1.12.